The van der Waals surface area contributed by atoms with Crippen LogP contribution >= 0.6 is 0 Å². The maximum atomic E-state index is 12.5. The monoisotopic (exact) mass is 471 g/mol. The number of amides is 3. The Labute approximate surface area is 197 Å². The Kier molecular flexibility index (Phi) is 8.66. The highest BCUT2D eigenvalue weighted by atomic mass is 16.6. The molecule has 0 unspecified atom stereocenters. The third-order valence-corrected chi connectivity index (χ3v) is 5.39. The van der Waals surface area contributed by atoms with Crippen LogP contribution in [0.2, 0.25) is 0 Å². The molecular weight excluding hydrogens is 442 g/mol. The number of piperazine rings is 1. The summed E-state index contributed by atoms with van der Waals surface area (Å²) in [6, 6.07) is 10.8. The second-order valence-corrected chi connectivity index (χ2v) is 7.83. The molecule has 0 bridgehead atoms. The Morgan fingerprint density at radius 1 is 1.03 bits per heavy atom. The van der Waals surface area contributed by atoms with Gasteiger partial charge in [0.25, 0.3) is 0 Å². The van der Waals surface area contributed by atoms with Gasteiger partial charge in [-0.1, -0.05) is 12.1 Å². The van der Waals surface area contributed by atoms with Crippen LogP contribution in [-0.2, 0) is 19.1 Å². The van der Waals surface area contributed by atoms with E-state index < -0.39 is 18.0 Å². The first-order valence-corrected chi connectivity index (χ1v) is 11.2. The maximum absolute atomic E-state index is 12.5. The van der Waals surface area contributed by atoms with Crippen molar-refractivity contribution in [3.8, 4) is 5.75 Å². The number of rotatable bonds is 9. The first kappa shape index (κ1) is 24.8. The molecule has 10 heteroatoms. The van der Waals surface area contributed by atoms with Crippen LogP contribution in [-0.4, -0.2) is 78.2 Å². The molecule has 2 aromatic carbocycles. The molecule has 10 nitrogen and oxygen atoms in total. The average Bonchev–Trinajstić information content (AvgIpc) is 2.81. The molecule has 0 aromatic heterocycles. The van der Waals surface area contributed by atoms with Crippen molar-refractivity contribution >= 4 is 40.3 Å². The number of anilines is 1. The van der Waals surface area contributed by atoms with Crippen LogP contribution in [0.25, 0.3) is 10.8 Å². The summed E-state index contributed by atoms with van der Waals surface area (Å²) in [6.45, 7) is 3.79. The van der Waals surface area contributed by atoms with Gasteiger partial charge < -0.3 is 29.7 Å². The quantitative estimate of drug-likeness (QED) is 0.425. The minimum atomic E-state index is -0.862. The summed E-state index contributed by atoms with van der Waals surface area (Å²) >= 11 is 0. The number of benzene rings is 2. The highest BCUT2D eigenvalue weighted by Gasteiger charge is 2.25. The van der Waals surface area contributed by atoms with E-state index >= 15 is 0 Å². The van der Waals surface area contributed by atoms with Crippen molar-refractivity contribution in [3.63, 3.8) is 0 Å². The number of hydrogen-bond acceptors (Lipinski definition) is 6. The van der Waals surface area contributed by atoms with Gasteiger partial charge in [0, 0.05) is 43.7 Å². The van der Waals surface area contributed by atoms with Crippen molar-refractivity contribution in [2.75, 3.05) is 44.7 Å². The van der Waals surface area contributed by atoms with Gasteiger partial charge in [-0.05, 0) is 43.0 Å². The van der Waals surface area contributed by atoms with Crippen molar-refractivity contribution in [3.05, 3.63) is 36.4 Å². The summed E-state index contributed by atoms with van der Waals surface area (Å²) in [7, 11) is 0. The zero-order valence-corrected chi connectivity index (χ0v) is 19.1. The standard InChI is InChI=1S/C24H29N3O7/c1-2-33-24(32)27-12-10-26(11-13-27)22(29)16-21(28)25-18-8-9-19-17(15-18)5-3-6-20(19)34-14-4-7-23(30)31/h3,5-6,8-9,15H,2,4,7,10-14,16H2,1H3,(H,25,28)(H,30,31). The summed E-state index contributed by atoms with van der Waals surface area (Å²) in [5.41, 5.74) is 0.556. The molecule has 1 saturated heterocycles. The lowest BCUT2D eigenvalue weighted by Crippen LogP contribution is -2.51. The van der Waals surface area contributed by atoms with Gasteiger partial charge in [0.1, 0.15) is 12.2 Å². The predicted molar refractivity (Wildman–Crippen MR) is 125 cm³/mol. The lowest BCUT2D eigenvalue weighted by molar-refractivity contribution is -0.137. The molecule has 3 rings (SSSR count). The third kappa shape index (κ3) is 6.84. The maximum Gasteiger partial charge on any atom is 0.409 e. The number of aliphatic carboxylic acids is 1. The van der Waals surface area contributed by atoms with Gasteiger partial charge in [-0.25, -0.2) is 4.79 Å². The number of carbonyl (C=O) groups is 4. The predicted octanol–water partition coefficient (Wildman–Crippen LogP) is 2.71. The van der Waals surface area contributed by atoms with E-state index in [9.17, 15) is 19.2 Å². The van der Waals surface area contributed by atoms with Crippen molar-refractivity contribution in [1.82, 2.24) is 9.80 Å². The summed E-state index contributed by atoms with van der Waals surface area (Å²) in [5.74, 6) is -0.936. The molecule has 2 N–H and O–H groups in total. The largest absolute Gasteiger partial charge is 0.493 e. The topological polar surface area (TPSA) is 125 Å². The van der Waals surface area contributed by atoms with E-state index in [1.54, 1.807) is 28.9 Å². The minimum absolute atomic E-state index is 0.0424. The number of nitrogens with zero attached hydrogens (tertiary/aromatic N) is 2. The van der Waals surface area contributed by atoms with E-state index in [2.05, 4.69) is 5.32 Å². The van der Waals surface area contributed by atoms with Crippen LogP contribution in [0.3, 0.4) is 0 Å². The molecule has 182 valence electrons. The second-order valence-electron chi connectivity index (χ2n) is 7.83. The molecule has 34 heavy (non-hydrogen) atoms. The lowest BCUT2D eigenvalue weighted by atomic mass is 10.1. The molecule has 1 heterocycles. The van der Waals surface area contributed by atoms with Crippen LogP contribution in [0, 0.1) is 0 Å². The minimum Gasteiger partial charge on any atom is -0.493 e. The molecule has 3 amide bonds. The molecular formula is C24H29N3O7. The van der Waals surface area contributed by atoms with Crippen LogP contribution in [0.15, 0.2) is 36.4 Å². The number of nitrogens with one attached hydrogen (secondary N) is 1. The lowest BCUT2D eigenvalue weighted by Gasteiger charge is -2.34. The van der Waals surface area contributed by atoms with E-state index in [1.807, 2.05) is 24.3 Å². The van der Waals surface area contributed by atoms with Gasteiger partial charge in [0.2, 0.25) is 11.8 Å². The van der Waals surface area contributed by atoms with E-state index in [0.717, 1.165) is 10.8 Å². The zero-order chi connectivity index (χ0) is 24.5. The SMILES string of the molecule is CCOC(=O)N1CCN(C(=O)CC(=O)Nc2ccc3c(OCCCC(=O)O)cccc3c2)CC1. The van der Waals surface area contributed by atoms with Crippen molar-refractivity contribution in [2.24, 2.45) is 0 Å². The Morgan fingerprint density at radius 3 is 2.47 bits per heavy atom. The van der Waals surface area contributed by atoms with Crippen LogP contribution in [0.5, 0.6) is 5.75 Å². The molecule has 0 radical (unpaired) electrons. The third-order valence-electron chi connectivity index (χ3n) is 5.39. The molecule has 2 aromatic rings. The smallest absolute Gasteiger partial charge is 0.409 e. The Morgan fingerprint density at radius 2 is 1.76 bits per heavy atom. The molecule has 0 spiro atoms. The molecule has 0 atom stereocenters. The van der Waals surface area contributed by atoms with Gasteiger partial charge in [-0.2, -0.15) is 0 Å². The van der Waals surface area contributed by atoms with Gasteiger partial charge in [0.05, 0.1) is 13.2 Å². The summed E-state index contributed by atoms with van der Waals surface area (Å²) < 4.78 is 10.7. The van der Waals surface area contributed by atoms with Gasteiger partial charge in [0.15, 0.2) is 0 Å². The molecule has 1 aliphatic rings. The fraction of sp³-hybridized carbons (Fsp3) is 0.417. The molecule has 0 saturated carbocycles. The number of carboxylic acid groups (broad SMARTS) is 1. The van der Waals surface area contributed by atoms with Crippen LogP contribution in [0.4, 0.5) is 10.5 Å². The van der Waals surface area contributed by atoms with Crippen molar-refractivity contribution < 1.29 is 33.8 Å². The highest BCUT2D eigenvalue weighted by molar-refractivity contribution is 6.04. The van der Waals surface area contributed by atoms with E-state index in [1.165, 1.54) is 0 Å². The number of hydrogen-bond donors (Lipinski definition) is 2. The summed E-state index contributed by atoms with van der Waals surface area (Å²) in [4.78, 5) is 50.5. The van der Waals surface area contributed by atoms with Crippen molar-refractivity contribution in [1.29, 1.82) is 0 Å². The molecule has 1 fully saturated rings. The van der Waals surface area contributed by atoms with E-state index in [-0.39, 0.29) is 18.7 Å². The number of fused-ring (bicyclic) bond motifs is 1. The normalized spacial score (nSPS) is 13.4. The van der Waals surface area contributed by atoms with Gasteiger partial charge >= 0.3 is 12.1 Å². The number of ether oxygens (including phenoxy) is 2. The molecule has 1 aliphatic heterocycles. The Hall–Kier alpha value is -3.82. The van der Waals surface area contributed by atoms with E-state index in [0.29, 0.717) is 57.3 Å². The zero-order valence-electron chi connectivity index (χ0n) is 19.1. The van der Waals surface area contributed by atoms with Gasteiger partial charge in [-0.15, -0.1) is 0 Å². The Bertz CT molecular complexity index is 1050. The first-order chi connectivity index (χ1) is 16.4. The first-order valence-electron chi connectivity index (χ1n) is 11.2. The Balaban J connectivity index is 1.52. The van der Waals surface area contributed by atoms with Crippen molar-refractivity contribution in [2.45, 2.75) is 26.2 Å². The average molecular weight is 472 g/mol. The van der Waals surface area contributed by atoms with E-state index in [4.69, 9.17) is 14.6 Å². The van der Waals surface area contributed by atoms with Gasteiger partial charge in [-0.3, -0.25) is 14.4 Å². The summed E-state index contributed by atoms with van der Waals surface area (Å²) in [5, 5.41) is 13.2. The number of carboxylic acids is 1. The molecule has 0 aliphatic carbocycles. The van der Waals surface area contributed by atoms with Crippen LogP contribution in [0.1, 0.15) is 26.2 Å². The summed E-state index contributed by atoms with van der Waals surface area (Å²) in [6.07, 6.45) is -0.228. The number of carbonyl (C=O) groups excluding carboxylic acids is 3. The fourth-order valence-electron chi connectivity index (χ4n) is 3.67. The second kappa shape index (κ2) is 11.9. The highest BCUT2D eigenvalue weighted by Crippen LogP contribution is 2.28. The van der Waals surface area contributed by atoms with Crippen LogP contribution < -0.4 is 10.1 Å². The fourth-order valence-corrected chi connectivity index (χ4v) is 3.67.